The minimum atomic E-state index is -0.643. The van der Waals surface area contributed by atoms with E-state index in [0.29, 0.717) is 25.2 Å². The van der Waals surface area contributed by atoms with Crippen LogP contribution in [0.1, 0.15) is 20.3 Å². The number of rotatable bonds is 4. The highest BCUT2D eigenvalue weighted by molar-refractivity contribution is 5.92. The maximum atomic E-state index is 11.7. The third kappa shape index (κ3) is 2.07. The molecule has 1 aliphatic carbocycles. The van der Waals surface area contributed by atoms with Crippen LogP contribution in [0.25, 0.3) is 0 Å². The van der Waals surface area contributed by atoms with Gasteiger partial charge in [-0.2, -0.15) is 0 Å². The summed E-state index contributed by atoms with van der Waals surface area (Å²) in [6, 6.07) is 0. The summed E-state index contributed by atoms with van der Waals surface area (Å²) in [7, 11) is 0. The topological polar surface area (TPSA) is 61.8 Å². The van der Waals surface area contributed by atoms with Crippen LogP contribution in [0.4, 0.5) is 0 Å². The molecule has 0 N–H and O–H groups in total. The Labute approximate surface area is 99.7 Å². The standard InChI is InChI=1S/C12H16O5/c1-3-15-10(13)7-5-6-8-9(7)12(16-4-2)17-11(8)14/h5,8-9,12H,3-4,6H2,1-2H3/t8-,9+,12+/m1/s1. The smallest absolute Gasteiger partial charge is 0.334 e. The quantitative estimate of drug-likeness (QED) is 0.687. The number of hydrogen-bond donors (Lipinski definition) is 0. The van der Waals surface area contributed by atoms with Crippen LogP contribution in [0.15, 0.2) is 11.6 Å². The van der Waals surface area contributed by atoms with Gasteiger partial charge in [-0.1, -0.05) is 6.08 Å². The van der Waals surface area contributed by atoms with Gasteiger partial charge in [0, 0.05) is 12.2 Å². The lowest BCUT2D eigenvalue weighted by molar-refractivity contribution is -0.166. The van der Waals surface area contributed by atoms with Crippen molar-refractivity contribution in [2.75, 3.05) is 13.2 Å². The third-order valence-corrected chi connectivity index (χ3v) is 3.05. The molecule has 0 aromatic carbocycles. The van der Waals surface area contributed by atoms with E-state index in [1.54, 1.807) is 13.0 Å². The van der Waals surface area contributed by atoms with Crippen molar-refractivity contribution in [1.82, 2.24) is 0 Å². The van der Waals surface area contributed by atoms with Gasteiger partial charge in [-0.3, -0.25) is 4.79 Å². The second-order valence-electron chi connectivity index (χ2n) is 4.01. The van der Waals surface area contributed by atoms with E-state index in [9.17, 15) is 9.59 Å². The fourth-order valence-corrected chi connectivity index (χ4v) is 2.34. The van der Waals surface area contributed by atoms with E-state index >= 15 is 0 Å². The number of fused-ring (bicyclic) bond motifs is 1. The highest BCUT2D eigenvalue weighted by Gasteiger charge is 2.51. The molecule has 5 nitrogen and oxygen atoms in total. The van der Waals surface area contributed by atoms with Crippen LogP contribution in [0, 0.1) is 11.8 Å². The van der Waals surface area contributed by atoms with Gasteiger partial charge in [-0.05, 0) is 20.3 Å². The lowest BCUT2D eigenvalue weighted by Gasteiger charge is -2.18. The normalized spacial score (nSPS) is 30.8. The van der Waals surface area contributed by atoms with Crippen molar-refractivity contribution in [3.8, 4) is 0 Å². The number of ether oxygens (including phenoxy) is 3. The Morgan fingerprint density at radius 2 is 2.24 bits per heavy atom. The van der Waals surface area contributed by atoms with Crippen molar-refractivity contribution in [2.24, 2.45) is 11.8 Å². The predicted molar refractivity (Wildman–Crippen MR) is 57.8 cm³/mol. The van der Waals surface area contributed by atoms with E-state index in [-0.39, 0.29) is 23.8 Å². The SMILES string of the molecule is CCOC(=O)C1=CC[C@H]2C(=O)O[C@H](OCC)[C@@H]12. The molecule has 1 fully saturated rings. The molecular weight excluding hydrogens is 224 g/mol. The Morgan fingerprint density at radius 3 is 2.88 bits per heavy atom. The average Bonchev–Trinajstić information content (AvgIpc) is 2.83. The van der Waals surface area contributed by atoms with E-state index < -0.39 is 6.29 Å². The Morgan fingerprint density at radius 1 is 1.47 bits per heavy atom. The second kappa shape index (κ2) is 4.87. The Balaban J connectivity index is 2.15. The van der Waals surface area contributed by atoms with Gasteiger partial charge in [0.05, 0.1) is 18.4 Å². The average molecular weight is 240 g/mol. The first-order valence-electron chi connectivity index (χ1n) is 5.88. The van der Waals surface area contributed by atoms with Crippen LogP contribution in [0.5, 0.6) is 0 Å². The Hall–Kier alpha value is -1.36. The summed E-state index contributed by atoms with van der Waals surface area (Å²) in [6.07, 6.45) is 1.65. The third-order valence-electron chi connectivity index (χ3n) is 3.05. The van der Waals surface area contributed by atoms with Gasteiger partial charge in [-0.25, -0.2) is 4.79 Å². The zero-order valence-corrected chi connectivity index (χ0v) is 9.97. The number of hydrogen-bond acceptors (Lipinski definition) is 5. The van der Waals surface area contributed by atoms with Crippen LogP contribution >= 0.6 is 0 Å². The molecule has 1 aliphatic heterocycles. The number of carbonyl (C=O) groups excluding carboxylic acids is 2. The van der Waals surface area contributed by atoms with Crippen molar-refractivity contribution < 1.29 is 23.8 Å². The summed E-state index contributed by atoms with van der Waals surface area (Å²) >= 11 is 0. The van der Waals surface area contributed by atoms with Gasteiger partial charge in [0.15, 0.2) is 0 Å². The van der Waals surface area contributed by atoms with Crippen molar-refractivity contribution in [2.45, 2.75) is 26.6 Å². The molecule has 1 saturated heterocycles. The van der Waals surface area contributed by atoms with Gasteiger partial charge in [0.2, 0.25) is 6.29 Å². The summed E-state index contributed by atoms with van der Waals surface area (Å²) in [4.78, 5) is 23.3. The second-order valence-corrected chi connectivity index (χ2v) is 4.01. The molecule has 0 aromatic rings. The van der Waals surface area contributed by atoms with Gasteiger partial charge in [0.1, 0.15) is 0 Å². The highest BCUT2D eigenvalue weighted by atomic mass is 16.7. The summed E-state index contributed by atoms with van der Waals surface area (Å²) in [5.74, 6) is -1.25. The van der Waals surface area contributed by atoms with Gasteiger partial charge < -0.3 is 14.2 Å². The number of esters is 2. The molecule has 5 heteroatoms. The largest absolute Gasteiger partial charge is 0.463 e. The number of cyclic esters (lactones) is 1. The summed E-state index contributed by atoms with van der Waals surface area (Å²) in [5.41, 5.74) is 0.515. The molecule has 0 unspecified atom stereocenters. The van der Waals surface area contributed by atoms with Gasteiger partial charge in [0.25, 0.3) is 0 Å². The summed E-state index contributed by atoms with van der Waals surface area (Å²) in [5, 5.41) is 0. The zero-order chi connectivity index (χ0) is 12.4. The van der Waals surface area contributed by atoms with E-state index in [1.165, 1.54) is 0 Å². The van der Waals surface area contributed by atoms with E-state index in [4.69, 9.17) is 14.2 Å². The molecule has 0 bridgehead atoms. The van der Waals surface area contributed by atoms with Crippen molar-refractivity contribution in [1.29, 1.82) is 0 Å². The van der Waals surface area contributed by atoms with Crippen LogP contribution < -0.4 is 0 Å². The number of carbonyl (C=O) groups is 2. The highest BCUT2D eigenvalue weighted by Crippen LogP contribution is 2.42. The fourth-order valence-electron chi connectivity index (χ4n) is 2.34. The molecule has 0 aromatic heterocycles. The molecule has 0 spiro atoms. The molecular formula is C12H16O5. The lowest BCUT2D eigenvalue weighted by Crippen LogP contribution is -2.26. The molecule has 3 atom stereocenters. The maximum Gasteiger partial charge on any atom is 0.334 e. The van der Waals surface area contributed by atoms with Crippen molar-refractivity contribution >= 4 is 11.9 Å². The molecule has 0 saturated carbocycles. The maximum absolute atomic E-state index is 11.7. The van der Waals surface area contributed by atoms with Gasteiger partial charge >= 0.3 is 11.9 Å². The van der Waals surface area contributed by atoms with E-state index in [1.807, 2.05) is 6.92 Å². The van der Waals surface area contributed by atoms with Crippen molar-refractivity contribution in [3.63, 3.8) is 0 Å². The van der Waals surface area contributed by atoms with Crippen LogP contribution in [-0.2, 0) is 23.8 Å². The first-order chi connectivity index (χ1) is 8.19. The van der Waals surface area contributed by atoms with Crippen LogP contribution in [0.3, 0.4) is 0 Å². The van der Waals surface area contributed by atoms with Crippen molar-refractivity contribution in [3.05, 3.63) is 11.6 Å². The number of allylic oxidation sites excluding steroid dienone is 1. The summed E-state index contributed by atoms with van der Waals surface area (Å²) in [6.45, 7) is 4.34. The first-order valence-corrected chi connectivity index (χ1v) is 5.88. The molecule has 0 radical (unpaired) electrons. The predicted octanol–water partition coefficient (Wildman–Crippen LogP) is 1.03. The molecule has 2 rings (SSSR count). The molecule has 17 heavy (non-hydrogen) atoms. The monoisotopic (exact) mass is 240 g/mol. The summed E-state index contributed by atoms with van der Waals surface area (Å²) < 4.78 is 15.4. The molecule has 94 valence electrons. The lowest BCUT2D eigenvalue weighted by atomic mass is 9.93. The fraction of sp³-hybridized carbons (Fsp3) is 0.667. The molecule has 0 amide bonds. The molecule has 1 heterocycles. The minimum Gasteiger partial charge on any atom is -0.463 e. The zero-order valence-electron chi connectivity index (χ0n) is 9.97. The molecule has 2 aliphatic rings. The van der Waals surface area contributed by atoms with E-state index in [0.717, 1.165) is 0 Å². The van der Waals surface area contributed by atoms with Crippen LogP contribution in [-0.4, -0.2) is 31.4 Å². The Kier molecular flexibility index (Phi) is 3.47. The van der Waals surface area contributed by atoms with E-state index in [2.05, 4.69) is 0 Å². The Bertz CT molecular complexity index is 360. The minimum absolute atomic E-state index is 0.286. The first kappa shape index (κ1) is 12.1. The van der Waals surface area contributed by atoms with Crippen LogP contribution in [0.2, 0.25) is 0 Å². The van der Waals surface area contributed by atoms with Gasteiger partial charge in [-0.15, -0.1) is 0 Å².